The van der Waals surface area contributed by atoms with Crippen LogP contribution in [0.2, 0.25) is 0 Å². The third-order valence-electron chi connectivity index (χ3n) is 10.7. The van der Waals surface area contributed by atoms with Crippen molar-refractivity contribution in [3.8, 4) is 16.9 Å². The fourth-order valence-electron chi connectivity index (χ4n) is 7.37. The van der Waals surface area contributed by atoms with E-state index in [1.807, 2.05) is 87.5 Å². The summed E-state index contributed by atoms with van der Waals surface area (Å²) in [5.41, 5.74) is 11.2. The Morgan fingerprint density at radius 1 is 0.812 bits per heavy atom. The molecule has 4 aromatic rings. The predicted molar refractivity (Wildman–Crippen MR) is 264 cm³/mol. The lowest BCUT2D eigenvalue weighted by Gasteiger charge is -2.27. The van der Waals surface area contributed by atoms with Gasteiger partial charge in [-0.15, -0.1) is 0 Å². The minimum absolute atomic E-state index is 0.0122. The first-order valence-electron chi connectivity index (χ1n) is 23.6. The van der Waals surface area contributed by atoms with Gasteiger partial charge in [0.2, 0.25) is 5.91 Å². The average molecular weight is 955 g/mol. The van der Waals surface area contributed by atoms with Gasteiger partial charge in [0.25, 0.3) is 0 Å². The van der Waals surface area contributed by atoms with E-state index in [9.17, 15) is 19.2 Å². The fraction of sp³-hybridized carbons (Fsp3) is 0.519. The first-order valence-corrected chi connectivity index (χ1v) is 23.6. The van der Waals surface area contributed by atoms with Crippen LogP contribution in [0.1, 0.15) is 83.8 Å². The van der Waals surface area contributed by atoms with Crippen molar-refractivity contribution in [1.82, 2.24) is 10.3 Å². The van der Waals surface area contributed by atoms with Crippen molar-refractivity contribution in [2.45, 2.75) is 91.2 Å². The molecule has 0 aliphatic carbocycles. The molecule has 374 valence electrons. The lowest BCUT2D eigenvalue weighted by Crippen LogP contribution is -2.43. The van der Waals surface area contributed by atoms with Crippen molar-refractivity contribution in [3.05, 3.63) is 101 Å². The Balaban J connectivity index is 1.33. The van der Waals surface area contributed by atoms with Gasteiger partial charge in [-0.3, -0.25) is 19.3 Å². The summed E-state index contributed by atoms with van der Waals surface area (Å²) in [4.78, 5) is 61.9. The highest BCUT2D eigenvalue weighted by molar-refractivity contribution is 6.00. The summed E-state index contributed by atoms with van der Waals surface area (Å²) in [5.74, 6) is -0.192. The van der Waals surface area contributed by atoms with E-state index in [2.05, 4.69) is 20.3 Å². The van der Waals surface area contributed by atoms with Crippen LogP contribution in [0.3, 0.4) is 0 Å². The van der Waals surface area contributed by atoms with E-state index in [-0.39, 0.29) is 43.4 Å². The second kappa shape index (κ2) is 29.7. The van der Waals surface area contributed by atoms with Crippen LogP contribution in [-0.2, 0) is 42.8 Å². The molecule has 0 saturated heterocycles. The summed E-state index contributed by atoms with van der Waals surface area (Å²) < 4.78 is 38.8. The van der Waals surface area contributed by atoms with Crippen molar-refractivity contribution in [3.63, 3.8) is 0 Å². The monoisotopic (exact) mass is 955 g/mol. The number of fused-ring (bicyclic) bond motifs is 1. The van der Waals surface area contributed by atoms with Crippen LogP contribution in [0, 0.1) is 12.8 Å². The van der Waals surface area contributed by atoms with Crippen molar-refractivity contribution < 1.29 is 52.3 Å². The molecule has 17 nitrogen and oxygen atoms in total. The smallest absolute Gasteiger partial charge is 0.416 e. The number of anilines is 1. The highest BCUT2D eigenvalue weighted by Crippen LogP contribution is 2.36. The Hall–Kier alpha value is -6.10. The summed E-state index contributed by atoms with van der Waals surface area (Å²) in [7, 11) is 1.32. The second-order valence-electron chi connectivity index (χ2n) is 17.9. The summed E-state index contributed by atoms with van der Waals surface area (Å²) in [6.45, 7) is 15.4. The maximum Gasteiger partial charge on any atom is 0.416 e. The summed E-state index contributed by atoms with van der Waals surface area (Å²) >= 11 is 0. The van der Waals surface area contributed by atoms with E-state index in [0.717, 1.165) is 38.8 Å². The number of benzene rings is 3. The molecule has 0 fully saturated rings. The van der Waals surface area contributed by atoms with E-state index >= 15 is 0 Å². The predicted octanol–water partition coefficient (Wildman–Crippen LogP) is 9.32. The molecule has 0 unspecified atom stereocenters. The van der Waals surface area contributed by atoms with Crippen molar-refractivity contribution in [2.24, 2.45) is 11.0 Å². The fourth-order valence-corrected chi connectivity index (χ4v) is 7.37. The Bertz CT molecular complexity index is 2280. The van der Waals surface area contributed by atoms with Crippen LogP contribution < -0.4 is 15.0 Å². The first kappa shape index (κ1) is 55.5. The topological polar surface area (TPSA) is 210 Å². The van der Waals surface area contributed by atoms with Crippen molar-refractivity contribution in [2.75, 3.05) is 84.6 Å². The zero-order chi connectivity index (χ0) is 50.0. The largest absolute Gasteiger partial charge is 0.491 e. The molecule has 0 aliphatic rings. The third kappa shape index (κ3) is 20.2. The molecule has 0 spiro atoms. The second-order valence-corrected chi connectivity index (χ2v) is 17.9. The highest BCUT2D eigenvalue weighted by Gasteiger charge is 2.28. The Morgan fingerprint density at radius 2 is 1.45 bits per heavy atom. The quantitative estimate of drug-likeness (QED) is 0.0164. The number of hydrogen-bond acceptors (Lipinski definition) is 13. The number of aromatic nitrogens is 1. The third-order valence-corrected chi connectivity index (χ3v) is 10.7. The molecule has 1 aromatic heterocycles. The van der Waals surface area contributed by atoms with Gasteiger partial charge in [0.1, 0.15) is 23.8 Å². The number of amides is 2. The standard InChI is InChI=1S/C52H70N6O11/c1-37(2)33-45(56-49(60)13-10-23-58(51(62)69-52(4,5)6)48-34-38(3)20-21-54-48)46(59)35-41(36-50(61)63-7)39-14-16-40(17-15-39)42-18-19-47(44-12-9-8-11-43(42)44)68-32-31-67-30-29-66-28-27-65-26-25-64-24-22-55-57-53/h8-9,11-12,14-21,34,37,41,45H,10,13,22-33,35-36H2,1-7H3,(H,56,60)/t41-,45-/m0/s1. The Labute approximate surface area is 406 Å². The van der Waals surface area contributed by atoms with Gasteiger partial charge in [-0.2, -0.15) is 0 Å². The van der Waals surface area contributed by atoms with Gasteiger partial charge in [-0.25, -0.2) is 9.78 Å². The van der Waals surface area contributed by atoms with Crippen LogP contribution in [0.4, 0.5) is 10.6 Å². The minimum Gasteiger partial charge on any atom is -0.491 e. The lowest BCUT2D eigenvalue weighted by molar-refractivity contribution is -0.141. The van der Waals surface area contributed by atoms with Gasteiger partial charge >= 0.3 is 12.1 Å². The van der Waals surface area contributed by atoms with Crippen LogP contribution in [-0.4, -0.2) is 120 Å². The Kier molecular flexibility index (Phi) is 23.9. The summed E-state index contributed by atoms with van der Waals surface area (Å²) in [5, 5.41) is 8.30. The van der Waals surface area contributed by atoms with Crippen LogP contribution in [0.5, 0.6) is 5.75 Å². The molecule has 69 heavy (non-hydrogen) atoms. The molecule has 0 aliphatic heterocycles. The van der Waals surface area contributed by atoms with Gasteiger partial charge in [0.05, 0.1) is 72.4 Å². The number of rotatable bonds is 31. The van der Waals surface area contributed by atoms with E-state index < -0.39 is 29.6 Å². The number of nitrogens with one attached hydrogen (secondary N) is 1. The zero-order valence-corrected chi connectivity index (χ0v) is 41.3. The number of ether oxygens (including phenoxy) is 7. The lowest BCUT2D eigenvalue weighted by atomic mass is 9.86. The van der Waals surface area contributed by atoms with Gasteiger partial charge in [-0.05, 0) is 97.8 Å². The molecule has 3 aromatic carbocycles. The number of carbonyl (C=O) groups is 4. The average Bonchev–Trinajstić information content (AvgIpc) is 3.31. The van der Waals surface area contributed by atoms with Gasteiger partial charge in [0, 0.05) is 48.3 Å². The first-order chi connectivity index (χ1) is 33.2. The molecule has 2 amide bonds. The van der Waals surface area contributed by atoms with E-state index in [1.165, 1.54) is 12.0 Å². The zero-order valence-electron chi connectivity index (χ0n) is 41.3. The molecule has 0 saturated carbocycles. The molecule has 17 heteroatoms. The van der Waals surface area contributed by atoms with Gasteiger partial charge in [-0.1, -0.05) is 73.6 Å². The van der Waals surface area contributed by atoms with Gasteiger partial charge in [0.15, 0.2) is 5.78 Å². The number of carbonyl (C=O) groups excluding carboxylic acids is 4. The molecule has 2 atom stereocenters. The maximum absolute atomic E-state index is 14.1. The molecule has 0 radical (unpaired) electrons. The van der Waals surface area contributed by atoms with Crippen LogP contribution in [0.25, 0.3) is 32.3 Å². The maximum atomic E-state index is 14.1. The molecule has 1 heterocycles. The number of azide groups is 1. The number of aryl methyl sites for hydroxylation is 1. The SMILES string of the molecule is COC(=O)C[C@H](CC(=O)[C@H](CC(C)C)NC(=O)CCCN(C(=O)OC(C)(C)C)c1cc(C)ccn1)c1ccc(-c2ccc(OCCOCCOCCOCCOCCN=[N+]=[N-])c3ccccc23)cc1. The van der Waals surface area contributed by atoms with Crippen molar-refractivity contribution >= 4 is 40.3 Å². The molecule has 4 rings (SSSR count). The number of nitrogens with zero attached hydrogens (tertiary/aromatic N) is 5. The summed E-state index contributed by atoms with van der Waals surface area (Å²) in [6.07, 6.45) is 1.84. The highest BCUT2D eigenvalue weighted by atomic mass is 16.6. The molecule has 1 N–H and O–H groups in total. The molecular formula is C52H70N6O11. The Morgan fingerprint density at radius 3 is 2.06 bits per heavy atom. The number of ketones is 1. The van der Waals surface area contributed by atoms with E-state index in [1.54, 1.807) is 33.0 Å². The molecular weight excluding hydrogens is 885 g/mol. The van der Waals surface area contributed by atoms with Crippen LogP contribution >= 0.6 is 0 Å². The normalized spacial score (nSPS) is 12.2. The van der Waals surface area contributed by atoms with E-state index in [0.29, 0.717) is 84.7 Å². The van der Waals surface area contributed by atoms with Crippen LogP contribution in [0.15, 0.2) is 84.1 Å². The van der Waals surface area contributed by atoms with Crippen molar-refractivity contribution in [1.29, 1.82) is 0 Å². The van der Waals surface area contributed by atoms with E-state index in [4.69, 9.17) is 38.7 Å². The number of methoxy groups -OCH3 is 1. The number of hydrogen-bond donors (Lipinski definition) is 1. The number of Topliss-reactive ketones (excluding diaryl/α,β-unsaturated/α-hetero) is 1. The number of esters is 1. The molecule has 0 bridgehead atoms. The number of pyridine rings is 1. The minimum atomic E-state index is -0.775. The summed E-state index contributed by atoms with van der Waals surface area (Å²) in [6, 6.07) is 22.7. The van der Waals surface area contributed by atoms with Gasteiger partial charge < -0.3 is 38.5 Å².